The summed E-state index contributed by atoms with van der Waals surface area (Å²) in [5.74, 6) is -2.98. The second kappa shape index (κ2) is 10.7. The molecular formula is C28H40F2N2O7. The van der Waals surface area contributed by atoms with E-state index < -0.39 is 76.6 Å². The molecule has 4 aliphatic rings. The van der Waals surface area contributed by atoms with Crippen LogP contribution in [-0.4, -0.2) is 78.9 Å². The molecule has 0 spiro atoms. The van der Waals surface area contributed by atoms with Crippen molar-refractivity contribution in [2.24, 2.45) is 28.4 Å². The topological polar surface area (TPSA) is 137 Å². The molecule has 0 aromatic rings. The number of rotatable bonds is 9. The highest BCUT2D eigenvalue weighted by atomic mass is 19.1. The van der Waals surface area contributed by atoms with Gasteiger partial charge in [0.15, 0.2) is 29.1 Å². The van der Waals surface area contributed by atoms with Gasteiger partial charge in [0.2, 0.25) is 5.91 Å². The van der Waals surface area contributed by atoms with Crippen LogP contribution in [-0.2, 0) is 28.6 Å². The zero-order chi connectivity index (χ0) is 28.8. The predicted molar refractivity (Wildman–Crippen MR) is 137 cm³/mol. The summed E-state index contributed by atoms with van der Waals surface area (Å²) in [6, 6.07) is 0. The molecule has 3 fully saturated rings. The van der Waals surface area contributed by atoms with Crippen LogP contribution in [0.2, 0.25) is 0 Å². The van der Waals surface area contributed by atoms with E-state index in [1.165, 1.54) is 19.1 Å². The van der Waals surface area contributed by atoms with E-state index in [0.717, 1.165) is 12.5 Å². The Hall–Kier alpha value is -2.05. The van der Waals surface area contributed by atoms with Gasteiger partial charge >= 0.3 is 0 Å². The molecule has 7 unspecified atom stereocenters. The van der Waals surface area contributed by atoms with Gasteiger partial charge in [-0.3, -0.25) is 14.4 Å². The quantitative estimate of drug-likeness (QED) is 0.291. The van der Waals surface area contributed by atoms with Crippen LogP contribution in [0.3, 0.4) is 0 Å². The Labute approximate surface area is 227 Å². The Morgan fingerprint density at radius 2 is 2.05 bits per heavy atom. The lowest BCUT2D eigenvalue weighted by molar-refractivity contribution is -0.242. The highest BCUT2D eigenvalue weighted by molar-refractivity contribution is 6.01. The van der Waals surface area contributed by atoms with E-state index in [4.69, 9.17) is 19.9 Å². The molecule has 3 aliphatic carbocycles. The number of carbonyl (C=O) groups is 3. The molecule has 0 aromatic heterocycles. The number of carbonyl (C=O) groups excluding carboxylic acids is 3. The molecule has 4 rings (SSSR count). The van der Waals surface area contributed by atoms with E-state index in [0.29, 0.717) is 6.42 Å². The second-order valence-corrected chi connectivity index (χ2v) is 11.7. The maximum absolute atomic E-state index is 17.3. The van der Waals surface area contributed by atoms with Gasteiger partial charge in [0, 0.05) is 16.7 Å². The number of amides is 1. The lowest BCUT2D eigenvalue weighted by Crippen LogP contribution is -2.72. The fraction of sp³-hybridized carbons (Fsp3) is 0.750. The number of fused-ring (bicyclic) bond motifs is 3. The van der Waals surface area contributed by atoms with Crippen molar-refractivity contribution in [2.75, 3.05) is 26.5 Å². The minimum absolute atomic E-state index is 0.0331. The Kier molecular flexibility index (Phi) is 8.24. The van der Waals surface area contributed by atoms with E-state index in [1.807, 2.05) is 6.92 Å². The van der Waals surface area contributed by atoms with Gasteiger partial charge in [-0.2, -0.15) is 0 Å². The van der Waals surface area contributed by atoms with Gasteiger partial charge in [-0.15, -0.1) is 0 Å². The Morgan fingerprint density at radius 1 is 1.33 bits per heavy atom. The molecule has 9 atom stereocenters. The molecular weight excluding hydrogens is 514 g/mol. The second-order valence-electron chi connectivity index (χ2n) is 11.7. The molecule has 1 saturated heterocycles. The minimum Gasteiger partial charge on any atom is -0.390 e. The Morgan fingerprint density at radius 3 is 2.72 bits per heavy atom. The zero-order valence-electron chi connectivity index (χ0n) is 23.0. The summed E-state index contributed by atoms with van der Waals surface area (Å²) in [5, 5.41) is 14.0. The number of nitrogens with two attached hydrogens (primary N) is 1. The molecule has 1 amide bonds. The molecule has 1 heterocycles. The molecule has 1 aliphatic heterocycles. The third-order valence-corrected chi connectivity index (χ3v) is 9.82. The smallest absolute Gasteiger partial charge is 0.235 e. The first kappa shape index (κ1) is 29.9. The highest BCUT2D eigenvalue weighted by Gasteiger charge is 2.74. The third-order valence-electron chi connectivity index (χ3n) is 9.82. The highest BCUT2D eigenvalue weighted by Crippen LogP contribution is 2.67. The van der Waals surface area contributed by atoms with Crippen molar-refractivity contribution in [3.63, 3.8) is 0 Å². The summed E-state index contributed by atoms with van der Waals surface area (Å²) in [6.07, 6.45) is 0.692. The van der Waals surface area contributed by atoms with Crippen LogP contribution in [0.15, 0.2) is 23.8 Å². The van der Waals surface area contributed by atoms with Crippen LogP contribution >= 0.6 is 0 Å². The first-order chi connectivity index (χ1) is 18.3. The fourth-order valence-electron chi connectivity index (χ4n) is 7.35. The first-order valence-electron chi connectivity index (χ1n) is 13.6. The number of ether oxygens (including phenoxy) is 3. The standard InChI is InChI=1S/C28H40F2N2O7/c1-5-6-24-38-14-27(39-24,22(35)13-37-15-32-23(36)12-31)26(4)11-21(34)28(30)18(16(26)2)10-20(29)19-9-17(33)7-8-25(19,28)3/h7-9,16,18,20-21,24,34H,5-6,10-15,31H2,1-4H3,(H,32,36)/t16?,18?,20-,21?,24?,25?,26?,27?,28-/m0/s1. The summed E-state index contributed by atoms with van der Waals surface area (Å²) in [4.78, 5) is 37.3. The van der Waals surface area contributed by atoms with Crippen molar-refractivity contribution >= 4 is 17.5 Å². The van der Waals surface area contributed by atoms with Gasteiger partial charge < -0.3 is 30.4 Å². The van der Waals surface area contributed by atoms with Crippen LogP contribution < -0.4 is 11.1 Å². The average Bonchev–Trinajstić information content (AvgIpc) is 3.34. The molecule has 0 aromatic carbocycles. The fourth-order valence-corrected chi connectivity index (χ4v) is 7.35. The minimum atomic E-state index is -2.28. The normalized spacial score (nSPS) is 43.4. The summed E-state index contributed by atoms with van der Waals surface area (Å²) in [7, 11) is 0. The van der Waals surface area contributed by atoms with Crippen molar-refractivity contribution in [3.8, 4) is 0 Å². The number of nitrogens with one attached hydrogen (secondary N) is 1. The lowest BCUT2D eigenvalue weighted by atomic mass is 9.43. The summed E-state index contributed by atoms with van der Waals surface area (Å²) < 4.78 is 50.6. The average molecular weight is 555 g/mol. The van der Waals surface area contributed by atoms with Crippen molar-refractivity contribution in [1.29, 1.82) is 0 Å². The number of Topliss-reactive ketones (excluding diaryl/α,β-unsaturated/α-hetero) is 1. The summed E-state index contributed by atoms with van der Waals surface area (Å²) in [6.45, 7) is 5.95. The Bertz CT molecular complexity index is 1070. The van der Waals surface area contributed by atoms with Crippen LogP contribution in [0.4, 0.5) is 8.78 Å². The van der Waals surface area contributed by atoms with E-state index in [1.54, 1.807) is 13.8 Å². The SMILES string of the molecule is CCCC1OCC(C(=O)COCNC(=O)CN)(C2(C)CC(O)[C@@]3(F)C(C[C@H](F)C4=CC(=O)C=CC43C)C2C)O1. The van der Waals surface area contributed by atoms with Gasteiger partial charge in [-0.1, -0.05) is 33.3 Å². The molecule has 9 nitrogen and oxygen atoms in total. The molecule has 11 heteroatoms. The van der Waals surface area contributed by atoms with Gasteiger partial charge in [0.1, 0.15) is 19.5 Å². The monoisotopic (exact) mass is 554 g/mol. The van der Waals surface area contributed by atoms with E-state index in [2.05, 4.69) is 5.32 Å². The number of aliphatic hydroxyl groups is 1. The molecule has 0 radical (unpaired) electrons. The summed E-state index contributed by atoms with van der Waals surface area (Å²) >= 11 is 0. The molecule has 2 saturated carbocycles. The number of alkyl halides is 2. The molecule has 0 bridgehead atoms. The van der Waals surface area contributed by atoms with Gasteiger partial charge in [0.25, 0.3) is 0 Å². The van der Waals surface area contributed by atoms with Crippen LogP contribution in [0, 0.1) is 22.7 Å². The zero-order valence-corrected chi connectivity index (χ0v) is 23.0. The van der Waals surface area contributed by atoms with Gasteiger partial charge in [-0.05, 0) is 49.8 Å². The molecule has 39 heavy (non-hydrogen) atoms. The van der Waals surface area contributed by atoms with Gasteiger partial charge in [0.05, 0.1) is 19.3 Å². The molecule has 218 valence electrons. The number of halogens is 2. The van der Waals surface area contributed by atoms with Crippen molar-refractivity contribution in [3.05, 3.63) is 23.8 Å². The van der Waals surface area contributed by atoms with Crippen molar-refractivity contribution in [2.45, 2.75) is 83.2 Å². The van der Waals surface area contributed by atoms with Gasteiger partial charge in [-0.25, -0.2) is 8.78 Å². The van der Waals surface area contributed by atoms with Crippen LogP contribution in [0.25, 0.3) is 0 Å². The van der Waals surface area contributed by atoms with Crippen LogP contribution in [0.1, 0.15) is 53.4 Å². The Balaban J connectivity index is 1.69. The van der Waals surface area contributed by atoms with E-state index in [-0.39, 0.29) is 38.3 Å². The summed E-state index contributed by atoms with van der Waals surface area (Å²) in [5.41, 5.74) is -1.27. The van der Waals surface area contributed by atoms with E-state index >= 15 is 8.78 Å². The van der Waals surface area contributed by atoms with Crippen molar-refractivity contribution < 1.29 is 42.5 Å². The van der Waals surface area contributed by atoms with Crippen molar-refractivity contribution in [1.82, 2.24) is 5.32 Å². The van der Waals surface area contributed by atoms with E-state index in [9.17, 15) is 19.5 Å². The maximum atomic E-state index is 17.3. The number of hydrogen-bond acceptors (Lipinski definition) is 8. The third kappa shape index (κ3) is 4.50. The number of ketones is 2. The largest absolute Gasteiger partial charge is 0.390 e. The predicted octanol–water partition coefficient (Wildman–Crippen LogP) is 2.06. The lowest BCUT2D eigenvalue weighted by Gasteiger charge is -2.64. The number of allylic oxidation sites excluding steroid dienone is 4. The maximum Gasteiger partial charge on any atom is 0.235 e. The molecule has 4 N–H and O–H groups in total. The number of hydrogen-bond donors (Lipinski definition) is 3. The first-order valence-corrected chi connectivity index (χ1v) is 13.6. The van der Waals surface area contributed by atoms with Crippen LogP contribution in [0.5, 0.6) is 0 Å². The number of aliphatic hydroxyl groups excluding tert-OH is 1.